The molecule has 168 valence electrons. The number of aromatic nitrogens is 4. The van der Waals surface area contributed by atoms with E-state index < -0.39 is 5.97 Å². The molecule has 33 heavy (non-hydrogen) atoms. The van der Waals surface area contributed by atoms with Crippen LogP contribution in [0, 0.1) is 0 Å². The van der Waals surface area contributed by atoms with Crippen molar-refractivity contribution >= 4 is 40.0 Å². The largest absolute Gasteiger partial charge is 0.465 e. The lowest BCUT2D eigenvalue weighted by Gasteiger charge is -2.08. The average Bonchev–Trinajstić information content (AvgIpc) is 3.47. The molecule has 1 aromatic carbocycles. The van der Waals surface area contributed by atoms with Gasteiger partial charge in [0.15, 0.2) is 11.0 Å². The molecule has 4 aromatic rings. The number of amides is 1. The molecule has 0 aliphatic rings. The van der Waals surface area contributed by atoms with Crippen molar-refractivity contribution in [2.45, 2.75) is 18.6 Å². The van der Waals surface area contributed by atoms with Gasteiger partial charge in [0.1, 0.15) is 16.3 Å². The van der Waals surface area contributed by atoms with Crippen molar-refractivity contribution in [1.29, 1.82) is 0 Å². The van der Waals surface area contributed by atoms with Gasteiger partial charge < -0.3 is 14.6 Å². The number of ether oxygens (including phenoxy) is 1. The Labute approximate surface area is 199 Å². The van der Waals surface area contributed by atoms with E-state index >= 15 is 0 Å². The number of hydrogen-bond acceptors (Lipinski definition) is 8. The van der Waals surface area contributed by atoms with E-state index in [2.05, 4.69) is 20.5 Å². The van der Waals surface area contributed by atoms with Gasteiger partial charge in [0.2, 0.25) is 5.91 Å². The number of carbonyl (C=O) groups excluding carboxylic acids is 2. The molecule has 4 rings (SSSR count). The summed E-state index contributed by atoms with van der Waals surface area (Å²) in [5, 5.41) is 14.2. The topological polar surface area (TPSA) is 99.0 Å². The average molecular weight is 480 g/mol. The van der Waals surface area contributed by atoms with Crippen LogP contribution in [0.3, 0.4) is 0 Å². The standard InChI is InChI=1S/C23H21N5O3S2/c1-3-28-20(17-11-7-8-12-24-17)26-27-23(28)33-14-18(29)25-21-19(22(30)31-2)16(13-32-21)15-9-5-4-6-10-15/h4-13H,3,14H2,1-2H3,(H,25,29). The normalized spacial score (nSPS) is 10.7. The maximum Gasteiger partial charge on any atom is 0.341 e. The minimum Gasteiger partial charge on any atom is -0.465 e. The van der Waals surface area contributed by atoms with Crippen molar-refractivity contribution in [3.8, 4) is 22.6 Å². The number of esters is 1. The zero-order chi connectivity index (χ0) is 23.2. The summed E-state index contributed by atoms with van der Waals surface area (Å²) in [7, 11) is 1.33. The molecule has 3 heterocycles. The van der Waals surface area contributed by atoms with Gasteiger partial charge in [-0.25, -0.2) is 4.79 Å². The second-order valence-electron chi connectivity index (χ2n) is 6.81. The molecule has 0 spiro atoms. The van der Waals surface area contributed by atoms with Crippen LogP contribution in [0.2, 0.25) is 0 Å². The number of thiophene rings is 1. The van der Waals surface area contributed by atoms with Gasteiger partial charge in [0, 0.05) is 23.7 Å². The molecule has 0 saturated carbocycles. The minimum atomic E-state index is -0.496. The first-order chi connectivity index (χ1) is 16.1. The lowest BCUT2D eigenvalue weighted by atomic mass is 10.0. The molecule has 0 saturated heterocycles. The number of pyridine rings is 1. The third kappa shape index (κ3) is 4.96. The van der Waals surface area contributed by atoms with E-state index in [0.29, 0.717) is 28.1 Å². The summed E-state index contributed by atoms with van der Waals surface area (Å²) in [6, 6.07) is 15.1. The van der Waals surface area contributed by atoms with Gasteiger partial charge in [-0.05, 0) is 24.6 Å². The zero-order valence-corrected chi connectivity index (χ0v) is 19.7. The predicted molar refractivity (Wildman–Crippen MR) is 129 cm³/mol. The van der Waals surface area contributed by atoms with E-state index in [4.69, 9.17) is 4.74 Å². The molecule has 10 heteroatoms. The number of nitrogens with zero attached hydrogens (tertiary/aromatic N) is 4. The lowest BCUT2D eigenvalue weighted by Crippen LogP contribution is -2.16. The van der Waals surface area contributed by atoms with Gasteiger partial charge in [-0.3, -0.25) is 9.78 Å². The number of rotatable bonds is 8. The number of methoxy groups -OCH3 is 1. The minimum absolute atomic E-state index is 0.111. The summed E-state index contributed by atoms with van der Waals surface area (Å²) < 4.78 is 6.88. The second kappa shape index (κ2) is 10.4. The van der Waals surface area contributed by atoms with Gasteiger partial charge in [0.05, 0.1) is 12.9 Å². The molecular weight excluding hydrogens is 458 g/mol. The van der Waals surface area contributed by atoms with Gasteiger partial charge in [-0.1, -0.05) is 48.2 Å². The van der Waals surface area contributed by atoms with Crippen LogP contribution in [0.25, 0.3) is 22.6 Å². The van der Waals surface area contributed by atoms with E-state index in [1.807, 2.05) is 65.4 Å². The van der Waals surface area contributed by atoms with Crippen LogP contribution in [0.15, 0.2) is 65.3 Å². The molecule has 0 bridgehead atoms. The van der Waals surface area contributed by atoms with Crippen LogP contribution in [-0.2, 0) is 16.1 Å². The number of carbonyl (C=O) groups is 2. The SMILES string of the molecule is CCn1c(SCC(=O)Nc2scc(-c3ccccc3)c2C(=O)OC)nnc1-c1ccccn1. The Hall–Kier alpha value is -3.50. The number of anilines is 1. The highest BCUT2D eigenvalue weighted by atomic mass is 32.2. The molecule has 1 N–H and O–H groups in total. The van der Waals surface area contributed by atoms with Crippen molar-refractivity contribution in [3.05, 3.63) is 65.7 Å². The summed E-state index contributed by atoms with van der Waals surface area (Å²) in [4.78, 5) is 29.5. The number of thioether (sulfide) groups is 1. The van der Waals surface area contributed by atoms with E-state index in [9.17, 15) is 9.59 Å². The summed E-state index contributed by atoms with van der Waals surface area (Å²) >= 11 is 2.57. The van der Waals surface area contributed by atoms with Crippen molar-refractivity contribution in [1.82, 2.24) is 19.7 Å². The van der Waals surface area contributed by atoms with Gasteiger partial charge in [0.25, 0.3) is 0 Å². The van der Waals surface area contributed by atoms with E-state index in [1.165, 1.54) is 30.2 Å². The van der Waals surface area contributed by atoms with E-state index in [-0.39, 0.29) is 11.7 Å². The fraction of sp³-hybridized carbons (Fsp3) is 0.174. The monoisotopic (exact) mass is 479 g/mol. The second-order valence-corrected chi connectivity index (χ2v) is 8.64. The van der Waals surface area contributed by atoms with Crippen LogP contribution < -0.4 is 5.32 Å². The van der Waals surface area contributed by atoms with Crippen molar-refractivity contribution in [2.75, 3.05) is 18.2 Å². The number of nitrogens with one attached hydrogen (secondary N) is 1. The first kappa shape index (κ1) is 22.7. The Bertz CT molecular complexity index is 1260. The van der Waals surface area contributed by atoms with Crippen LogP contribution in [-0.4, -0.2) is 44.5 Å². The molecule has 0 radical (unpaired) electrons. The Kier molecular flexibility index (Phi) is 7.16. The highest BCUT2D eigenvalue weighted by Crippen LogP contribution is 2.36. The molecule has 0 aliphatic carbocycles. The van der Waals surface area contributed by atoms with Crippen molar-refractivity contribution < 1.29 is 14.3 Å². The maximum atomic E-state index is 12.7. The van der Waals surface area contributed by atoms with E-state index in [1.54, 1.807) is 6.20 Å². The number of hydrogen-bond donors (Lipinski definition) is 1. The highest BCUT2D eigenvalue weighted by molar-refractivity contribution is 7.99. The first-order valence-electron chi connectivity index (χ1n) is 10.1. The van der Waals surface area contributed by atoms with Crippen LogP contribution in [0.4, 0.5) is 5.00 Å². The zero-order valence-electron chi connectivity index (χ0n) is 18.0. The fourth-order valence-electron chi connectivity index (χ4n) is 3.24. The summed E-state index contributed by atoms with van der Waals surface area (Å²) in [5.41, 5.74) is 2.67. The molecule has 1 amide bonds. The molecule has 0 fully saturated rings. The number of benzene rings is 1. The third-order valence-corrected chi connectivity index (χ3v) is 6.64. The van der Waals surface area contributed by atoms with Gasteiger partial charge in [-0.2, -0.15) is 0 Å². The molecule has 0 aliphatic heterocycles. The molecular formula is C23H21N5O3S2. The predicted octanol–water partition coefficient (Wildman–Crippen LogP) is 4.61. The molecule has 3 aromatic heterocycles. The van der Waals surface area contributed by atoms with Crippen molar-refractivity contribution in [2.24, 2.45) is 0 Å². The van der Waals surface area contributed by atoms with Gasteiger partial charge in [-0.15, -0.1) is 21.5 Å². The first-order valence-corrected chi connectivity index (χ1v) is 12.0. The summed E-state index contributed by atoms with van der Waals surface area (Å²) in [6.45, 7) is 2.63. The highest BCUT2D eigenvalue weighted by Gasteiger charge is 2.23. The maximum absolute atomic E-state index is 12.7. The van der Waals surface area contributed by atoms with Crippen LogP contribution in [0.5, 0.6) is 0 Å². The van der Waals surface area contributed by atoms with Gasteiger partial charge >= 0.3 is 5.97 Å². The Morgan fingerprint density at radius 3 is 2.61 bits per heavy atom. The van der Waals surface area contributed by atoms with Crippen LogP contribution >= 0.6 is 23.1 Å². The summed E-state index contributed by atoms with van der Waals surface area (Å²) in [6.07, 6.45) is 1.70. The molecule has 0 unspecified atom stereocenters. The van der Waals surface area contributed by atoms with Crippen molar-refractivity contribution in [3.63, 3.8) is 0 Å². The molecule has 0 atom stereocenters. The van der Waals surface area contributed by atoms with Crippen LogP contribution in [0.1, 0.15) is 17.3 Å². The lowest BCUT2D eigenvalue weighted by molar-refractivity contribution is -0.113. The molecule has 8 nitrogen and oxygen atoms in total. The third-order valence-electron chi connectivity index (χ3n) is 4.78. The summed E-state index contributed by atoms with van der Waals surface area (Å²) in [5.74, 6) is 0.0136. The Morgan fingerprint density at radius 2 is 1.91 bits per heavy atom. The smallest absolute Gasteiger partial charge is 0.341 e. The van der Waals surface area contributed by atoms with E-state index in [0.717, 1.165) is 16.8 Å². The fourth-order valence-corrected chi connectivity index (χ4v) is 5.02. The quantitative estimate of drug-likeness (QED) is 0.291. The Morgan fingerprint density at radius 1 is 1.12 bits per heavy atom. The Balaban J connectivity index is 1.50.